The SMILES string of the molecule is C.C.C#CCN. The highest BCUT2D eigenvalue weighted by atomic mass is 14.5. The molecule has 1 heteroatoms. The summed E-state index contributed by atoms with van der Waals surface area (Å²) in [4.78, 5) is 0. The molecule has 6 heavy (non-hydrogen) atoms. The smallest absolute Gasteiger partial charge is 0.0548 e. The molecule has 0 aliphatic rings. The molecule has 0 atom stereocenters. The van der Waals surface area contributed by atoms with Crippen LogP contribution >= 0.6 is 0 Å². The zero-order chi connectivity index (χ0) is 3.41. The van der Waals surface area contributed by atoms with Gasteiger partial charge in [-0.1, -0.05) is 20.8 Å². The lowest BCUT2D eigenvalue weighted by Gasteiger charge is -1.56. The molecule has 0 spiro atoms. The van der Waals surface area contributed by atoms with Crippen LogP contribution < -0.4 is 5.73 Å². The fourth-order valence-electron chi connectivity index (χ4n) is 0. The molecule has 2 N–H and O–H groups in total. The first-order valence-electron chi connectivity index (χ1n) is 1.05. The lowest BCUT2D eigenvalue weighted by molar-refractivity contribution is 1.30. The van der Waals surface area contributed by atoms with E-state index in [4.69, 9.17) is 5.73 Å². The van der Waals surface area contributed by atoms with Crippen LogP contribution in [0.15, 0.2) is 0 Å². The van der Waals surface area contributed by atoms with E-state index in [0.717, 1.165) is 0 Å². The molecule has 0 aromatic carbocycles. The van der Waals surface area contributed by atoms with Gasteiger partial charge in [-0.05, 0) is 0 Å². The molecule has 0 saturated carbocycles. The van der Waals surface area contributed by atoms with E-state index in [1.54, 1.807) is 0 Å². The van der Waals surface area contributed by atoms with E-state index in [-0.39, 0.29) is 14.9 Å². The third-order valence-corrected chi connectivity index (χ3v) is 0.118. The summed E-state index contributed by atoms with van der Waals surface area (Å²) in [5.41, 5.74) is 4.79. The molecule has 0 radical (unpaired) electrons. The molecule has 0 amide bonds. The van der Waals surface area contributed by atoms with Crippen molar-refractivity contribution in [2.45, 2.75) is 14.9 Å². The van der Waals surface area contributed by atoms with Crippen LogP contribution in [0.3, 0.4) is 0 Å². The second kappa shape index (κ2) is 24.2. The van der Waals surface area contributed by atoms with E-state index in [1.807, 2.05) is 0 Å². The number of hydrogen-bond acceptors (Lipinski definition) is 1. The van der Waals surface area contributed by atoms with Gasteiger partial charge in [-0.3, -0.25) is 0 Å². The largest absolute Gasteiger partial charge is 0.320 e. The first-order chi connectivity index (χ1) is 1.91. The van der Waals surface area contributed by atoms with Crippen molar-refractivity contribution >= 4 is 0 Å². The second-order valence-electron chi connectivity index (χ2n) is 0.408. The maximum atomic E-state index is 4.79. The van der Waals surface area contributed by atoms with Gasteiger partial charge in [0, 0.05) is 0 Å². The molecule has 0 heterocycles. The maximum Gasteiger partial charge on any atom is 0.0548 e. The molecule has 0 aromatic rings. The van der Waals surface area contributed by atoms with Gasteiger partial charge in [-0.2, -0.15) is 0 Å². The normalized spacial score (nSPS) is 3.33. The fraction of sp³-hybridized carbons (Fsp3) is 0.600. The zero-order valence-corrected chi connectivity index (χ0v) is 2.36. The van der Waals surface area contributed by atoms with E-state index in [1.165, 1.54) is 0 Å². The van der Waals surface area contributed by atoms with Crippen molar-refractivity contribution in [3.63, 3.8) is 0 Å². The first-order valence-corrected chi connectivity index (χ1v) is 1.05. The lowest BCUT2D eigenvalue weighted by atomic mass is 10.7. The van der Waals surface area contributed by atoms with Crippen LogP contribution in [0.4, 0.5) is 0 Å². The minimum Gasteiger partial charge on any atom is -0.320 e. The van der Waals surface area contributed by atoms with Crippen molar-refractivity contribution in [2.75, 3.05) is 6.54 Å². The fourth-order valence-corrected chi connectivity index (χ4v) is 0. The van der Waals surface area contributed by atoms with E-state index >= 15 is 0 Å². The zero-order valence-electron chi connectivity index (χ0n) is 2.36. The highest BCUT2D eigenvalue weighted by molar-refractivity contribution is 4.83. The van der Waals surface area contributed by atoms with E-state index in [2.05, 4.69) is 12.3 Å². The molecule has 0 unspecified atom stereocenters. The number of nitrogens with two attached hydrogens (primary N) is 1. The average molecular weight is 87.2 g/mol. The maximum absolute atomic E-state index is 4.79. The van der Waals surface area contributed by atoms with Gasteiger partial charge in [0.2, 0.25) is 0 Å². The van der Waals surface area contributed by atoms with Gasteiger partial charge < -0.3 is 5.73 Å². The quantitative estimate of drug-likeness (QED) is 0.435. The number of terminal acetylenes is 1. The van der Waals surface area contributed by atoms with Gasteiger partial charge >= 0.3 is 0 Å². The van der Waals surface area contributed by atoms with Crippen LogP contribution in [0, 0.1) is 12.3 Å². The summed E-state index contributed by atoms with van der Waals surface area (Å²) >= 11 is 0. The Labute approximate surface area is 40.5 Å². The number of hydrogen-bond donors (Lipinski definition) is 1. The minimum absolute atomic E-state index is 0. The summed E-state index contributed by atoms with van der Waals surface area (Å²) in [5, 5.41) is 0. The summed E-state index contributed by atoms with van der Waals surface area (Å²) in [6.45, 7) is 0.347. The molecule has 0 aliphatic heterocycles. The first kappa shape index (κ1) is 17.8. The highest BCUT2D eigenvalue weighted by Gasteiger charge is 1.41. The highest BCUT2D eigenvalue weighted by Crippen LogP contribution is 1.25. The van der Waals surface area contributed by atoms with Crippen molar-refractivity contribution in [1.82, 2.24) is 0 Å². The van der Waals surface area contributed by atoms with Gasteiger partial charge in [0.15, 0.2) is 0 Å². The van der Waals surface area contributed by atoms with E-state index in [0.29, 0.717) is 6.54 Å². The average Bonchev–Trinajstić information content (AvgIpc) is 1.37. The van der Waals surface area contributed by atoms with Crippen LogP contribution in [-0.4, -0.2) is 6.54 Å². The van der Waals surface area contributed by atoms with Crippen molar-refractivity contribution in [3.05, 3.63) is 0 Å². The molecule has 38 valence electrons. The predicted molar refractivity (Wildman–Crippen MR) is 31.3 cm³/mol. The Morgan fingerprint density at radius 2 is 1.67 bits per heavy atom. The summed E-state index contributed by atoms with van der Waals surface area (Å²) in [6, 6.07) is 0. The third kappa shape index (κ3) is 82.7. The third-order valence-electron chi connectivity index (χ3n) is 0.118. The van der Waals surface area contributed by atoms with Gasteiger partial charge in [-0.25, -0.2) is 0 Å². The van der Waals surface area contributed by atoms with Crippen LogP contribution in [-0.2, 0) is 0 Å². The monoisotopic (exact) mass is 87.1 g/mol. The molecular formula is C5H13N. The summed E-state index contributed by atoms with van der Waals surface area (Å²) in [7, 11) is 0. The van der Waals surface area contributed by atoms with Crippen LogP contribution in [0.1, 0.15) is 14.9 Å². The molecular weight excluding hydrogens is 74.1 g/mol. The van der Waals surface area contributed by atoms with Crippen molar-refractivity contribution in [2.24, 2.45) is 5.73 Å². The van der Waals surface area contributed by atoms with Gasteiger partial charge in [0.1, 0.15) is 0 Å². The predicted octanol–water partition coefficient (Wildman–Crippen LogP) is 0.851. The van der Waals surface area contributed by atoms with Crippen molar-refractivity contribution in [3.8, 4) is 12.3 Å². The topological polar surface area (TPSA) is 26.0 Å². The molecule has 0 aliphatic carbocycles. The van der Waals surface area contributed by atoms with Crippen LogP contribution in [0.25, 0.3) is 0 Å². The summed E-state index contributed by atoms with van der Waals surface area (Å²) in [5.74, 6) is 2.21. The molecule has 0 aromatic heterocycles. The second-order valence-corrected chi connectivity index (χ2v) is 0.408. The Kier molecular flexibility index (Phi) is 71.7. The molecule has 0 fully saturated rings. The minimum atomic E-state index is 0. The Bertz CT molecular complexity index is 33.7. The van der Waals surface area contributed by atoms with Gasteiger partial charge in [0.25, 0.3) is 0 Å². The Hall–Kier alpha value is -0.480. The van der Waals surface area contributed by atoms with Crippen molar-refractivity contribution in [1.29, 1.82) is 0 Å². The molecule has 0 bridgehead atoms. The van der Waals surface area contributed by atoms with E-state index in [9.17, 15) is 0 Å². The molecule has 0 rings (SSSR count). The van der Waals surface area contributed by atoms with Crippen LogP contribution in [0.2, 0.25) is 0 Å². The lowest BCUT2D eigenvalue weighted by Crippen LogP contribution is -1.91. The standard InChI is InChI=1S/C3H5N.2CH4/c1-2-3-4;;/h1H,3-4H2;2*1H4. The Balaban J connectivity index is -0.0000000450. The summed E-state index contributed by atoms with van der Waals surface area (Å²) in [6.07, 6.45) is 4.65. The van der Waals surface area contributed by atoms with Gasteiger partial charge in [0.05, 0.1) is 6.54 Å². The van der Waals surface area contributed by atoms with Crippen molar-refractivity contribution < 1.29 is 0 Å². The Morgan fingerprint density at radius 1 is 1.50 bits per heavy atom. The van der Waals surface area contributed by atoms with Gasteiger partial charge in [-0.15, -0.1) is 6.42 Å². The van der Waals surface area contributed by atoms with Crippen LogP contribution in [0.5, 0.6) is 0 Å². The molecule has 0 saturated heterocycles. The number of rotatable bonds is 0. The van der Waals surface area contributed by atoms with E-state index < -0.39 is 0 Å². The summed E-state index contributed by atoms with van der Waals surface area (Å²) < 4.78 is 0. The molecule has 1 nitrogen and oxygen atoms in total. The Morgan fingerprint density at radius 3 is 1.67 bits per heavy atom.